The highest BCUT2D eigenvalue weighted by Crippen LogP contribution is 2.44. The van der Waals surface area contributed by atoms with Crippen LogP contribution in [0.4, 0.5) is 0 Å². The van der Waals surface area contributed by atoms with Gasteiger partial charge in [-0.3, -0.25) is 18.6 Å². The first-order valence-corrected chi connectivity index (χ1v) is 10.9. The lowest BCUT2D eigenvalue weighted by molar-refractivity contribution is -0.123. The van der Waals surface area contributed by atoms with Crippen molar-refractivity contribution >= 4 is 19.9 Å². The molecular formula is C19H26N4O5P. The fourth-order valence-corrected chi connectivity index (χ4v) is 4.19. The molecule has 1 aromatic carbocycles. The molecule has 0 saturated carbocycles. The van der Waals surface area contributed by atoms with Crippen LogP contribution < -0.4 is 10.4 Å². The van der Waals surface area contributed by atoms with Crippen LogP contribution in [0.25, 0.3) is 0 Å². The van der Waals surface area contributed by atoms with Crippen LogP contribution in [-0.2, 0) is 36.0 Å². The highest BCUT2D eigenvalue weighted by Gasteiger charge is 2.32. The van der Waals surface area contributed by atoms with Crippen molar-refractivity contribution in [2.45, 2.75) is 38.8 Å². The van der Waals surface area contributed by atoms with E-state index in [0.717, 1.165) is 5.56 Å². The highest BCUT2D eigenvalue weighted by atomic mass is 31.2. The van der Waals surface area contributed by atoms with Gasteiger partial charge in [-0.05, 0) is 25.8 Å². The second kappa shape index (κ2) is 11.6. The number of nitrogens with zero attached hydrogens (tertiary/aromatic N) is 1. The van der Waals surface area contributed by atoms with Crippen LogP contribution in [0.3, 0.4) is 0 Å². The lowest BCUT2D eigenvalue weighted by Gasteiger charge is -2.25. The predicted octanol–water partition coefficient (Wildman–Crippen LogP) is 1.93. The van der Waals surface area contributed by atoms with Crippen LogP contribution in [0.15, 0.2) is 42.9 Å². The summed E-state index contributed by atoms with van der Waals surface area (Å²) in [4.78, 5) is 31.1. The molecule has 3 N–H and O–H groups in total. The second-order valence-corrected chi connectivity index (χ2v) is 7.92. The number of rotatable bonds is 13. The maximum Gasteiger partial charge on any atom is 0.406 e. The van der Waals surface area contributed by atoms with E-state index in [9.17, 15) is 14.2 Å². The van der Waals surface area contributed by atoms with Crippen molar-refractivity contribution in [3.63, 3.8) is 0 Å². The van der Waals surface area contributed by atoms with Crippen LogP contribution >= 0.6 is 7.75 Å². The molecule has 0 fully saturated rings. The van der Waals surface area contributed by atoms with Crippen LogP contribution in [0.1, 0.15) is 25.1 Å². The van der Waals surface area contributed by atoms with Crippen molar-refractivity contribution in [3.05, 3.63) is 54.1 Å². The number of hydrogen-bond acceptors (Lipinski definition) is 6. The van der Waals surface area contributed by atoms with Crippen LogP contribution in [-0.4, -0.2) is 47.5 Å². The van der Waals surface area contributed by atoms with Crippen molar-refractivity contribution in [2.24, 2.45) is 0 Å². The zero-order valence-corrected chi connectivity index (χ0v) is 17.4. The van der Waals surface area contributed by atoms with Gasteiger partial charge in [0.2, 0.25) is 12.2 Å². The number of imidazole rings is 1. The summed E-state index contributed by atoms with van der Waals surface area (Å²) in [7, 11) is -3.70. The van der Waals surface area contributed by atoms with E-state index in [4.69, 9.17) is 9.05 Å². The van der Waals surface area contributed by atoms with Gasteiger partial charge in [0.1, 0.15) is 12.1 Å². The first-order valence-electron chi connectivity index (χ1n) is 9.36. The average Bonchev–Trinajstić information content (AvgIpc) is 3.21. The van der Waals surface area contributed by atoms with Crippen molar-refractivity contribution in [1.82, 2.24) is 20.4 Å². The van der Waals surface area contributed by atoms with Crippen LogP contribution in [0.2, 0.25) is 0 Å². The summed E-state index contributed by atoms with van der Waals surface area (Å²) in [5, 5.41) is 5.34. The zero-order valence-electron chi connectivity index (χ0n) is 16.5. The molecule has 2 atom stereocenters. The Morgan fingerprint density at radius 3 is 2.45 bits per heavy atom. The number of carbonyl (C=O) groups is 1. The van der Waals surface area contributed by atoms with Crippen LogP contribution in [0.5, 0.6) is 0 Å². The first kappa shape index (κ1) is 23.0. The van der Waals surface area contributed by atoms with Gasteiger partial charge in [-0.1, -0.05) is 30.3 Å². The normalized spacial score (nSPS) is 13.6. The summed E-state index contributed by atoms with van der Waals surface area (Å²) in [5.74, 6) is -0.516. The van der Waals surface area contributed by atoms with Crippen molar-refractivity contribution in [2.75, 3.05) is 13.2 Å². The molecule has 9 nitrogen and oxygen atoms in total. The van der Waals surface area contributed by atoms with Gasteiger partial charge in [-0.25, -0.2) is 14.6 Å². The first-order chi connectivity index (χ1) is 14.0. The topological polar surface area (TPSA) is 122 Å². The SMILES string of the molecule is CCOP(=O)(N[C@@H](Cc1ccccc1)C(=O)N[C@H]([C]=O)Cc1c[nH]cn1)OCC. The van der Waals surface area contributed by atoms with Gasteiger partial charge in [-0.2, -0.15) is 0 Å². The van der Waals surface area contributed by atoms with E-state index in [1.165, 1.54) is 6.33 Å². The maximum atomic E-state index is 12.9. The molecule has 0 spiro atoms. The fraction of sp³-hybridized carbons (Fsp3) is 0.421. The van der Waals surface area contributed by atoms with Gasteiger partial charge in [0.25, 0.3) is 0 Å². The lowest BCUT2D eigenvalue weighted by atomic mass is 10.1. The molecule has 2 aromatic rings. The van der Waals surface area contributed by atoms with E-state index in [0.29, 0.717) is 5.69 Å². The third-order valence-corrected chi connectivity index (χ3v) is 5.76. The maximum absolute atomic E-state index is 12.9. The molecule has 1 aromatic heterocycles. The summed E-state index contributed by atoms with van der Waals surface area (Å²) in [6, 6.07) is 7.39. The summed E-state index contributed by atoms with van der Waals surface area (Å²) < 4.78 is 23.4. The molecule has 0 aliphatic carbocycles. The zero-order chi connectivity index (χ0) is 21.1. The summed E-state index contributed by atoms with van der Waals surface area (Å²) >= 11 is 0. The third-order valence-electron chi connectivity index (χ3n) is 3.94. The Morgan fingerprint density at radius 2 is 1.90 bits per heavy atom. The number of aromatic amines is 1. The molecule has 1 heterocycles. The molecule has 1 radical (unpaired) electrons. The summed E-state index contributed by atoms with van der Waals surface area (Å²) in [6.07, 6.45) is 5.34. The van der Waals surface area contributed by atoms with Crippen molar-refractivity contribution < 1.29 is 23.2 Å². The number of nitrogens with one attached hydrogen (secondary N) is 3. The van der Waals surface area contributed by atoms with E-state index >= 15 is 0 Å². The van der Waals surface area contributed by atoms with Crippen molar-refractivity contribution in [3.8, 4) is 0 Å². The third kappa shape index (κ3) is 7.55. The Hall–Kier alpha value is -2.32. The van der Waals surface area contributed by atoms with Gasteiger partial charge < -0.3 is 10.3 Å². The average molecular weight is 421 g/mol. The molecule has 157 valence electrons. The smallest absolute Gasteiger partial charge is 0.351 e. The minimum atomic E-state index is -3.70. The molecule has 0 bridgehead atoms. The number of aromatic nitrogens is 2. The second-order valence-electron chi connectivity index (χ2n) is 6.15. The molecule has 0 saturated heterocycles. The largest absolute Gasteiger partial charge is 0.406 e. The Bertz CT molecular complexity index is 790. The minimum Gasteiger partial charge on any atom is -0.351 e. The monoisotopic (exact) mass is 421 g/mol. The molecule has 10 heteroatoms. The Labute approximate surface area is 170 Å². The molecule has 0 unspecified atom stereocenters. The van der Waals surface area contributed by atoms with Gasteiger partial charge in [0.15, 0.2) is 0 Å². The van der Waals surface area contributed by atoms with Gasteiger partial charge in [0, 0.05) is 12.6 Å². The molecule has 1 amide bonds. The molecule has 29 heavy (non-hydrogen) atoms. The van der Waals surface area contributed by atoms with Gasteiger partial charge in [-0.15, -0.1) is 0 Å². The van der Waals surface area contributed by atoms with E-state index in [2.05, 4.69) is 20.4 Å². The Balaban J connectivity index is 2.16. The summed E-state index contributed by atoms with van der Waals surface area (Å²) in [5.41, 5.74) is 1.46. The van der Waals surface area contributed by atoms with Gasteiger partial charge >= 0.3 is 7.75 Å². The number of hydrogen-bond donors (Lipinski definition) is 3. The Kier molecular flexibility index (Phi) is 9.21. The van der Waals surface area contributed by atoms with Crippen LogP contribution in [0, 0.1) is 0 Å². The molecule has 0 aliphatic rings. The van der Waals surface area contributed by atoms with E-state index in [1.54, 1.807) is 20.0 Å². The number of H-pyrrole nitrogens is 1. The van der Waals surface area contributed by atoms with Gasteiger partial charge in [0.05, 0.1) is 25.2 Å². The number of benzene rings is 1. The molecule has 2 rings (SSSR count). The fourth-order valence-electron chi connectivity index (χ4n) is 2.70. The molecular weight excluding hydrogens is 395 g/mol. The predicted molar refractivity (Wildman–Crippen MR) is 108 cm³/mol. The van der Waals surface area contributed by atoms with E-state index in [-0.39, 0.29) is 26.1 Å². The number of amides is 1. The number of carbonyl (C=O) groups excluding carboxylic acids is 2. The highest BCUT2D eigenvalue weighted by molar-refractivity contribution is 7.51. The minimum absolute atomic E-state index is 0.147. The summed E-state index contributed by atoms with van der Waals surface area (Å²) in [6.45, 7) is 3.66. The quantitative estimate of drug-likeness (QED) is 0.422. The van der Waals surface area contributed by atoms with Crippen molar-refractivity contribution in [1.29, 1.82) is 0 Å². The van der Waals surface area contributed by atoms with E-state index in [1.807, 2.05) is 36.6 Å². The van der Waals surface area contributed by atoms with E-state index < -0.39 is 25.7 Å². The standard InChI is InChI=1S/C19H26N4O5P/c1-3-27-29(26,28-4-2)23-18(10-15-8-6-5-7-9-15)19(25)22-17(13-24)11-16-12-20-14-21-16/h5-9,12,14,17-18H,3-4,10-11H2,1-2H3,(H,20,21)(H,22,25)(H,23,26)/t17-,18-/m0/s1. The Morgan fingerprint density at radius 1 is 1.21 bits per heavy atom. The molecule has 0 aliphatic heterocycles. The lowest BCUT2D eigenvalue weighted by Crippen LogP contribution is -2.49.